The highest BCUT2D eigenvalue weighted by molar-refractivity contribution is 6.06. The second-order valence-corrected chi connectivity index (χ2v) is 7.63. The van der Waals surface area contributed by atoms with Crippen molar-refractivity contribution in [2.45, 2.75) is 26.3 Å². The maximum absolute atomic E-state index is 13.2. The van der Waals surface area contributed by atoms with Gasteiger partial charge in [-0.1, -0.05) is 18.2 Å². The second kappa shape index (κ2) is 9.08. The number of ether oxygens (including phenoxy) is 1. The van der Waals surface area contributed by atoms with E-state index >= 15 is 0 Å². The highest BCUT2D eigenvalue weighted by atomic mass is 16.5. The lowest BCUT2D eigenvalue weighted by Gasteiger charge is -2.18. The molecule has 2 amide bonds. The summed E-state index contributed by atoms with van der Waals surface area (Å²) >= 11 is 0. The SMILES string of the molecule is CCn1cc(/C=C(\NC(=O)c2ccc(OC)cc2)C(=O)N2CCCC2)c2ccccc21. The third-order valence-corrected chi connectivity index (χ3v) is 5.68. The number of methoxy groups -OCH3 is 1. The number of hydrogen-bond acceptors (Lipinski definition) is 3. The first kappa shape index (κ1) is 20.7. The van der Waals surface area contributed by atoms with Crippen LogP contribution in [-0.2, 0) is 11.3 Å². The lowest BCUT2D eigenvalue weighted by atomic mass is 10.1. The number of nitrogens with one attached hydrogen (secondary N) is 1. The molecule has 6 nitrogen and oxygen atoms in total. The molecule has 31 heavy (non-hydrogen) atoms. The maximum atomic E-state index is 13.2. The van der Waals surface area contributed by atoms with Gasteiger partial charge in [-0.05, 0) is 56.2 Å². The van der Waals surface area contributed by atoms with Gasteiger partial charge in [-0.25, -0.2) is 0 Å². The standard InChI is InChI=1S/C25H27N3O3/c1-3-27-17-19(21-8-4-5-9-23(21)27)16-22(25(30)28-14-6-7-15-28)26-24(29)18-10-12-20(31-2)13-11-18/h4-5,8-13,16-17H,3,6-7,14-15H2,1-2H3,(H,26,29)/b22-16-. The minimum Gasteiger partial charge on any atom is -0.497 e. The fraction of sp³-hybridized carbons (Fsp3) is 0.280. The van der Waals surface area contributed by atoms with Gasteiger partial charge in [-0.2, -0.15) is 0 Å². The Labute approximate surface area is 182 Å². The van der Waals surface area contributed by atoms with Crippen molar-refractivity contribution in [2.75, 3.05) is 20.2 Å². The van der Waals surface area contributed by atoms with Crippen molar-refractivity contribution in [3.8, 4) is 5.75 Å². The largest absolute Gasteiger partial charge is 0.497 e. The smallest absolute Gasteiger partial charge is 0.270 e. The van der Waals surface area contributed by atoms with Crippen LogP contribution in [0.3, 0.4) is 0 Å². The minimum absolute atomic E-state index is 0.146. The zero-order chi connectivity index (χ0) is 21.8. The number of likely N-dealkylation sites (tertiary alicyclic amines) is 1. The van der Waals surface area contributed by atoms with E-state index < -0.39 is 0 Å². The van der Waals surface area contributed by atoms with E-state index in [-0.39, 0.29) is 11.8 Å². The number of carbonyl (C=O) groups is 2. The van der Waals surface area contributed by atoms with Crippen molar-refractivity contribution in [3.63, 3.8) is 0 Å². The molecule has 3 aromatic rings. The summed E-state index contributed by atoms with van der Waals surface area (Å²) in [6.45, 7) is 4.33. The summed E-state index contributed by atoms with van der Waals surface area (Å²) in [4.78, 5) is 28.0. The van der Waals surface area contributed by atoms with E-state index in [0.717, 1.165) is 35.9 Å². The summed E-state index contributed by atoms with van der Waals surface area (Å²) < 4.78 is 7.31. The maximum Gasteiger partial charge on any atom is 0.270 e. The van der Waals surface area contributed by atoms with Crippen molar-refractivity contribution in [3.05, 3.63) is 71.6 Å². The molecule has 1 N–H and O–H groups in total. The van der Waals surface area contributed by atoms with Gasteiger partial charge in [0.2, 0.25) is 0 Å². The third kappa shape index (κ3) is 4.33. The first-order valence-electron chi connectivity index (χ1n) is 10.6. The number of para-hydroxylation sites is 1. The molecule has 6 heteroatoms. The number of aryl methyl sites for hydroxylation is 1. The molecule has 1 aromatic heterocycles. The Morgan fingerprint density at radius 3 is 2.45 bits per heavy atom. The van der Waals surface area contributed by atoms with Crippen LogP contribution in [0.4, 0.5) is 0 Å². The molecule has 1 aliphatic rings. The van der Waals surface area contributed by atoms with Crippen LogP contribution in [0.15, 0.2) is 60.4 Å². The van der Waals surface area contributed by atoms with Gasteiger partial charge >= 0.3 is 0 Å². The molecule has 2 aromatic carbocycles. The van der Waals surface area contributed by atoms with Crippen LogP contribution >= 0.6 is 0 Å². The zero-order valence-electron chi connectivity index (χ0n) is 17.9. The van der Waals surface area contributed by atoms with Gasteiger partial charge in [0.25, 0.3) is 11.8 Å². The predicted octanol–water partition coefficient (Wildman–Crippen LogP) is 4.06. The third-order valence-electron chi connectivity index (χ3n) is 5.68. The van der Waals surface area contributed by atoms with Crippen molar-refractivity contribution in [1.29, 1.82) is 0 Å². The van der Waals surface area contributed by atoms with Crippen LogP contribution in [-0.4, -0.2) is 41.5 Å². The summed E-state index contributed by atoms with van der Waals surface area (Å²) in [6.07, 6.45) is 5.80. The Balaban J connectivity index is 1.70. The number of rotatable bonds is 6. The van der Waals surface area contributed by atoms with E-state index in [4.69, 9.17) is 4.74 Å². The quantitative estimate of drug-likeness (QED) is 0.615. The van der Waals surface area contributed by atoms with Crippen LogP contribution in [0, 0.1) is 0 Å². The van der Waals surface area contributed by atoms with Gasteiger partial charge in [-0.15, -0.1) is 0 Å². The predicted molar refractivity (Wildman–Crippen MR) is 122 cm³/mol. The molecule has 1 saturated heterocycles. The lowest BCUT2D eigenvalue weighted by molar-refractivity contribution is -0.126. The lowest BCUT2D eigenvalue weighted by Crippen LogP contribution is -2.36. The molecule has 160 valence electrons. The van der Waals surface area contributed by atoms with Crippen LogP contribution < -0.4 is 10.1 Å². The van der Waals surface area contributed by atoms with Crippen LogP contribution in [0.5, 0.6) is 5.75 Å². The highest BCUT2D eigenvalue weighted by Gasteiger charge is 2.24. The van der Waals surface area contributed by atoms with Gasteiger partial charge in [0.15, 0.2) is 0 Å². The number of nitrogens with zero attached hydrogens (tertiary/aromatic N) is 2. The van der Waals surface area contributed by atoms with E-state index in [0.29, 0.717) is 30.1 Å². The Bertz CT molecular complexity index is 1120. The molecule has 1 fully saturated rings. The van der Waals surface area contributed by atoms with E-state index in [1.807, 2.05) is 24.4 Å². The molecule has 1 aliphatic heterocycles. The summed E-state index contributed by atoms with van der Waals surface area (Å²) in [5.74, 6) is 0.209. The topological polar surface area (TPSA) is 63.6 Å². The van der Waals surface area contributed by atoms with Crippen molar-refractivity contribution < 1.29 is 14.3 Å². The molecule has 0 saturated carbocycles. The highest BCUT2D eigenvalue weighted by Crippen LogP contribution is 2.24. The fourth-order valence-corrected chi connectivity index (χ4v) is 3.99. The summed E-state index contributed by atoms with van der Waals surface area (Å²) in [6, 6.07) is 14.9. The number of aromatic nitrogens is 1. The Kier molecular flexibility index (Phi) is 6.07. The molecule has 0 bridgehead atoms. The number of hydrogen-bond donors (Lipinski definition) is 1. The van der Waals surface area contributed by atoms with Crippen LogP contribution in [0.25, 0.3) is 17.0 Å². The summed E-state index contributed by atoms with van der Waals surface area (Å²) in [5, 5.41) is 3.92. The Hall–Kier alpha value is -3.54. The molecular weight excluding hydrogens is 390 g/mol. The van der Waals surface area contributed by atoms with E-state index in [9.17, 15) is 9.59 Å². The van der Waals surface area contributed by atoms with E-state index in [1.54, 1.807) is 42.4 Å². The molecule has 2 heterocycles. The monoisotopic (exact) mass is 417 g/mol. The van der Waals surface area contributed by atoms with Crippen molar-refractivity contribution >= 4 is 28.8 Å². The van der Waals surface area contributed by atoms with Gasteiger partial charge in [-0.3, -0.25) is 9.59 Å². The molecule has 0 aliphatic carbocycles. The Morgan fingerprint density at radius 2 is 1.77 bits per heavy atom. The van der Waals surface area contributed by atoms with Crippen molar-refractivity contribution in [2.24, 2.45) is 0 Å². The molecule has 4 rings (SSSR count). The van der Waals surface area contributed by atoms with E-state index in [1.165, 1.54) is 0 Å². The second-order valence-electron chi connectivity index (χ2n) is 7.63. The van der Waals surface area contributed by atoms with Gasteiger partial charge in [0, 0.05) is 47.9 Å². The average Bonchev–Trinajstić information content (AvgIpc) is 3.47. The molecule has 0 spiro atoms. The van der Waals surface area contributed by atoms with Crippen LogP contribution in [0.1, 0.15) is 35.7 Å². The molecule has 0 radical (unpaired) electrons. The van der Waals surface area contributed by atoms with E-state index in [2.05, 4.69) is 22.9 Å². The van der Waals surface area contributed by atoms with Gasteiger partial charge in [0.05, 0.1) is 7.11 Å². The molecule has 0 unspecified atom stereocenters. The Morgan fingerprint density at radius 1 is 1.06 bits per heavy atom. The zero-order valence-corrected chi connectivity index (χ0v) is 17.9. The molecule has 0 atom stereocenters. The first-order chi connectivity index (χ1) is 15.1. The van der Waals surface area contributed by atoms with Gasteiger partial charge < -0.3 is 19.5 Å². The first-order valence-corrected chi connectivity index (χ1v) is 10.6. The fourth-order valence-electron chi connectivity index (χ4n) is 3.99. The number of carbonyl (C=O) groups excluding carboxylic acids is 2. The molecular formula is C25H27N3O3. The van der Waals surface area contributed by atoms with Crippen LogP contribution in [0.2, 0.25) is 0 Å². The minimum atomic E-state index is -0.319. The number of benzene rings is 2. The number of amides is 2. The number of fused-ring (bicyclic) bond motifs is 1. The summed E-state index contributed by atoms with van der Waals surface area (Å²) in [7, 11) is 1.58. The van der Waals surface area contributed by atoms with Gasteiger partial charge in [0.1, 0.15) is 11.4 Å². The van der Waals surface area contributed by atoms with Crippen molar-refractivity contribution in [1.82, 2.24) is 14.8 Å². The summed E-state index contributed by atoms with van der Waals surface area (Å²) in [5.41, 5.74) is 2.78. The normalized spacial score (nSPS) is 14.1. The average molecular weight is 418 g/mol.